The molecule has 0 bridgehead atoms. The second-order valence-electron chi connectivity index (χ2n) is 5.96. The van der Waals surface area contributed by atoms with E-state index in [-0.39, 0.29) is 10.7 Å². The molecule has 4 rings (SSSR count). The Balaban J connectivity index is 1.73. The minimum atomic E-state index is -0.449. The summed E-state index contributed by atoms with van der Waals surface area (Å²) in [5, 5.41) is 0. The third-order valence-corrected chi connectivity index (χ3v) is 5.14. The Morgan fingerprint density at radius 1 is 0.923 bits per heavy atom. The molecule has 0 saturated heterocycles. The van der Waals surface area contributed by atoms with E-state index in [9.17, 15) is 14.0 Å². The molecule has 1 aromatic heterocycles. The summed E-state index contributed by atoms with van der Waals surface area (Å²) in [6.07, 6.45) is 0. The van der Waals surface area contributed by atoms with Crippen LogP contribution >= 0.6 is 11.3 Å². The largest absolute Gasteiger partial charge is 0.308 e. The van der Waals surface area contributed by atoms with Crippen molar-refractivity contribution >= 4 is 27.3 Å². The van der Waals surface area contributed by atoms with E-state index >= 15 is 0 Å². The first-order valence-electron chi connectivity index (χ1n) is 8.09. The van der Waals surface area contributed by atoms with Crippen molar-refractivity contribution in [3.63, 3.8) is 0 Å². The van der Waals surface area contributed by atoms with Crippen molar-refractivity contribution in [1.82, 2.24) is 4.57 Å². The molecule has 26 heavy (non-hydrogen) atoms. The first-order chi connectivity index (χ1) is 12.6. The van der Waals surface area contributed by atoms with Gasteiger partial charge in [-0.2, -0.15) is 0 Å². The number of aromatic nitrogens is 1. The van der Waals surface area contributed by atoms with Crippen LogP contribution in [0.3, 0.4) is 0 Å². The zero-order chi connectivity index (χ0) is 18.1. The number of ketones is 1. The van der Waals surface area contributed by atoms with Crippen molar-refractivity contribution < 1.29 is 9.18 Å². The quantitative estimate of drug-likeness (QED) is 0.502. The molecule has 0 N–H and O–H groups in total. The van der Waals surface area contributed by atoms with E-state index in [0.29, 0.717) is 17.7 Å². The summed E-state index contributed by atoms with van der Waals surface area (Å²) in [6.45, 7) is 0.483. The van der Waals surface area contributed by atoms with Gasteiger partial charge in [-0.1, -0.05) is 53.8 Å². The fraction of sp³-hybridized carbons (Fsp3) is 0.0476. The highest BCUT2D eigenvalue weighted by Crippen LogP contribution is 2.22. The summed E-state index contributed by atoms with van der Waals surface area (Å²) >= 11 is 1.11. The molecule has 128 valence electrons. The molecule has 5 heteroatoms. The Hall–Kier alpha value is -3.05. The monoisotopic (exact) mass is 363 g/mol. The maximum Gasteiger partial charge on any atom is 0.308 e. The van der Waals surface area contributed by atoms with Crippen LogP contribution in [0.1, 0.15) is 21.5 Å². The summed E-state index contributed by atoms with van der Waals surface area (Å²) < 4.78 is 15.8. The van der Waals surface area contributed by atoms with Crippen LogP contribution in [0.2, 0.25) is 0 Å². The Morgan fingerprint density at radius 2 is 1.69 bits per heavy atom. The van der Waals surface area contributed by atoms with E-state index in [1.165, 1.54) is 18.2 Å². The third-order valence-electron chi connectivity index (χ3n) is 4.20. The third kappa shape index (κ3) is 3.09. The van der Waals surface area contributed by atoms with E-state index in [1.54, 1.807) is 28.8 Å². The first-order valence-corrected chi connectivity index (χ1v) is 8.91. The lowest BCUT2D eigenvalue weighted by Crippen LogP contribution is -2.13. The van der Waals surface area contributed by atoms with E-state index in [1.807, 2.05) is 30.3 Å². The van der Waals surface area contributed by atoms with Gasteiger partial charge in [0.25, 0.3) is 0 Å². The molecule has 0 spiro atoms. The number of fused-ring (bicyclic) bond motifs is 1. The number of thiazole rings is 1. The number of nitrogens with zero attached hydrogens (tertiary/aromatic N) is 1. The van der Waals surface area contributed by atoms with Gasteiger partial charge in [-0.15, -0.1) is 0 Å². The summed E-state index contributed by atoms with van der Waals surface area (Å²) in [5.41, 5.74) is 2.56. The lowest BCUT2D eigenvalue weighted by Gasteiger charge is -2.05. The molecular weight excluding hydrogens is 349 g/mol. The Morgan fingerprint density at radius 3 is 2.46 bits per heavy atom. The van der Waals surface area contributed by atoms with E-state index in [0.717, 1.165) is 27.1 Å². The summed E-state index contributed by atoms with van der Waals surface area (Å²) in [4.78, 5) is 24.9. The molecule has 3 nitrogen and oxygen atoms in total. The normalized spacial score (nSPS) is 11.0. The molecule has 0 atom stereocenters. The average Bonchev–Trinajstić information content (AvgIpc) is 2.96. The van der Waals surface area contributed by atoms with E-state index in [4.69, 9.17) is 0 Å². The molecule has 0 fully saturated rings. The zero-order valence-electron chi connectivity index (χ0n) is 13.7. The zero-order valence-corrected chi connectivity index (χ0v) is 14.5. The molecule has 0 amide bonds. The van der Waals surface area contributed by atoms with Gasteiger partial charge in [-0.25, -0.2) is 4.39 Å². The average molecular weight is 363 g/mol. The highest BCUT2D eigenvalue weighted by atomic mass is 32.1. The van der Waals surface area contributed by atoms with Gasteiger partial charge in [-0.3, -0.25) is 14.2 Å². The minimum absolute atomic E-state index is 0.0702. The first kappa shape index (κ1) is 16.4. The van der Waals surface area contributed by atoms with Gasteiger partial charge in [0, 0.05) is 11.1 Å². The number of carbonyl (C=O) groups is 1. The van der Waals surface area contributed by atoms with Crippen LogP contribution in [0.5, 0.6) is 0 Å². The maximum absolute atomic E-state index is 13.4. The summed E-state index contributed by atoms with van der Waals surface area (Å²) in [7, 11) is 0. The molecule has 0 unspecified atom stereocenters. The van der Waals surface area contributed by atoms with Crippen LogP contribution in [0, 0.1) is 5.82 Å². The van der Waals surface area contributed by atoms with Gasteiger partial charge >= 0.3 is 4.87 Å². The van der Waals surface area contributed by atoms with Gasteiger partial charge in [0.2, 0.25) is 0 Å². The second-order valence-corrected chi connectivity index (χ2v) is 6.95. The van der Waals surface area contributed by atoms with Crippen LogP contribution in [0.15, 0.2) is 77.6 Å². The lowest BCUT2D eigenvalue weighted by atomic mass is 10.0. The van der Waals surface area contributed by atoms with Crippen LogP contribution < -0.4 is 4.87 Å². The van der Waals surface area contributed by atoms with Crippen molar-refractivity contribution in [3.05, 3.63) is 105 Å². The molecule has 0 radical (unpaired) electrons. The van der Waals surface area contributed by atoms with Crippen LogP contribution in [0.25, 0.3) is 10.2 Å². The summed E-state index contributed by atoms with van der Waals surface area (Å²) in [6, 6.07) is 20.5. The number of hydrogen-bond acceptors (Lipinski definition) is 3. The van der Waals surface area contributed by atoms with Crippen LogP contribution in [0.4, 0.5) is 4.39 Å². The number of hydrogen-bond donors (Lipinski definition) is 0. The van der Waals surface area contributed by atoms with Gasteiger partial charge < -0.3 is 0 Å². The lowest BCUT2D eigenvalue weighted by molar-refractivity contribution is 0.103. The van der Waals surface area contributed by atoms with Crippen molar-refractivity contribution in [2.75, 3.05) is 0 Å². The molecular formula is C21H14FNO2S. The van der Waals surface area contributed by atoms with Crippen LogP contribution in [-0.2, 0) is 6.54 Å². The topological polar surface area (TPSA) is 39.1 Å². The Kier molecular flexibility index (Phi) is 4.22. The molecule has 3 aromatic carbocycles. The Bertz CT molecular complexity index is 1160. The van der Waals surface area contributed by atoms with Crippen molar-refractivity contribution in [2.45, 2.75) is 6.54 Å². The maximum atomic E-state index is 13.4. The number of rotatable bonds is 4. The fourth-order valence-corrected chi connectivity index (χ4v) is 3.85. The van der Waals surface area contributed by atoms with Crippen molar-refractivity contribution in [1.29, 1.82) is 0 Å². The predicted octanol–water partition coefficient (Wildman–Crippen LogP) is 4.48. The van der Waals surface area contributed by atoms with Crippen molar-refractivity contribution in [3.8, 4) is 0 Å². The standard InChI is InChI=1S/C21H14FNO2S/c22-17-8-4-7-15(11-17)20(24)16-9-10-18-19(12-16)26-21(25)23(18)13-14-5-2-1-3-6-14/h1-12H,13H2. The molecule has 0 saturated carbocycles. The number of carbonyl (C=O) groups excluding carboxylic acids is 1. The fourth-order valence-electron chi connectivity index (χ4n) is 2.92. The second kappa shape index (κ2) is 6.69. The predicted molar refractivity (Wildman–Crippen MR) is 101 cm³/mol. The van der Waals surface area contributed by atoms with Gasteiger partial charge in [0.1, 0.15) is 5.82 Å². The molecule has 1 heterocycles. The number of halogens is 1. The highest BCUT2D eigenvalue weighted by Gasteiger charge is 2.14. The molecule has 4 aromatic rings. The van der Waals surface area contributed by atoms with E-state index < -0.39 is 5.82 Å². The van der Waals surface area contributed by atoms with Crippen LogP contribution in [-0.4, -0.2) is 10.4 Å². The minimum Gasteiger partial charge on any atom is -0.294 e. The SMILES string of the molecule is O=C(c1cccc(F)c1)c1ccc2c(c1)sc(=O)n2Cc1ccccc1. The smallest absolute Gasteiger partial charge is 0.294 e. The molecule has 0 aliphatic rings. The van der Waals surface area contributed by atoms with E-state index in [2.05, 4.69) is 0 Å². The molecule has 0 aliphatic carbocycles. The number of benzene rings is 3. The van der Waals surface area contributed by atoms with Crippen molar-refractivity contribution in [2.24, 2.45) is 0 Å². The molecule has 0 aliphatic heterocycles. The summed E-state index contributed by atoms with van der Waals surface area (Å²) in [5.74, 6) is -0.711. The Labute approximate surface area is 153 Å². The highest BCUT2D eigenvalue weighted by molar-refractivity contribution is 7.16. The van der Waals surface area contributed by atoms with Gasteiger partial charge in [0.15, 0.2) is 5.78 Å². The van der Waals surface area contributed by atoms with Gasteiger partial charge in [-0.05, 0) is 35.9 Å². The van der Waals surface area contributed by atoms with Gasteiger partial charge in [0.05, 0.1) is 16.8 Å².